The largest absolute Gasteiger partial charge is 0.399 e. The Labute approximate surface area is 276 Å². The SMILES string of the molecule is Nc1ccc(C(=O)Nc2ccc(C(=O)Nc3cc(S(=O)(=O)O)cc4cc(S(=O)(=O)O)cc(S(=O)(=O)O)c34)c(S(=O)(=O)O)c2)c(S(=O)(=O)O)c1. The molecule has 0 saturated heterocycles. The minimum Gasteiger partial charge on any atom is -0.399 e. The second-order valence-electron chi connectivity index (χ2n) is 9.74. The Balaban J connectivity index is 1.88. The van der Waals surface area contributed by atoms with E-state index in [2.05, 4.69) is 5.32 Å². The standard InChI is InChI=1S/C24H19N3O17S5/c25-12-1-3-16(19(7-12)47(36,37)38)23(28)26-13-2-4-17(20(8-13)48(39,40)41)24(29)27-18-9-14(45(30,31)32)5-11-6-15(46(33,34)35)10-21(22(11)18)49(42,43)44/h1-10H,25H2,(H,26,28)(H,27,29)(H,30,31,32)(H,33,34,35)(H,36,37,38)(H,39,40,41)(H,42,43,44). The monoisotopic (exact) mass is 781 g/mol. The van der Waals surface area contributed by atoms with Crippen LogP contribution >= 0.6 is 0 Å². The lowest BCUT2D eigenvalue weighted by Crippen LogP contribution is -2.19. The number of amides is 2. The number of fused-ring (bicyclic) bond motifs is 1. The minimum atomic E-state index is -5.44. The molecule has 0 radical (unpaired) electrons. The van der Waals surface area contributed by atoms with Crippen molar-refractivity contribution in [3.8, 4) is 0 Å². The summed E-state index contributed by atoms with van der Waals surface area (Å²) in [7, 11) is -26.3. The van der Waals surface area contributed by atoms with Crippen molar-refractivity contribution < 1.29 is 74.4 Å². The first-order valence-corrected chi connectivity index (χ1v) is 19.5. The molecule has 20 nitrogen and oxygen atoms in total. The average Bonchev–Trinajstić information content (AvgIpc) is 2.93. The van der Waals surface area contributed by atoms with E-state index in [-0.39, 0.29) is 11.8 Å². The number of carbonyl (C=O) groups excluding carboxylic acids is 2. The third-order valence-corrected chi connectivity index (χ3v) is 10.7. The van der Waals surface area contributed by atoms with Crippen LogP contribution in [-0.4, -0.2) is 76.7 Å². The van der Waals surface area contributed by atoms with E-state index in [9.17, 15) is 74.4 Å². The molecule has 4 aromatic carbocycles. The van der Waals surface area contributed by atoms with Crippen LogP contribution < -0.4 is 16.4 Å². The average molecular weight is 782 g/mol. The Morgan fingerprint density at radius 3 is 1.45 bits per heavy atom. The Hall–Kier alpha value is -4.57. The van der Waals surface area contributed by atoms with Crippen LogP contribution in [0.15, 0.2) is 85.1 Å². The van der Waals surface area contributed by atoms with Crippen LogP contribution in [0.4, 0.5) is 17.1 Å². The summed E-state index contributed by atoms with van der Waals surface area (Å²) in [6.07, 6.45) is 0. The highest BCUT2D eigenvalue weighted by molar-refractivity contribution is 7.87. The van der Waals surface area contributed by atoms with Crippen LogP contribution in [0.2, 0.25) is 0 Å². The number of hydrogen-bond donors (Lipinski definition) is 8. The Morgan fingerprint density at radius 1 is 0.510 bits per heavy atom. The van der Waals surface area contributed by atoms with Crippen molar-refractivity contribution in [2.45, 2.75) is 24.5 Å². The highest BCUT2D eigenvalue weighted by Crippen LogP contribution is 2.36. The van der Waals surface area contributed by atoms with Gasteiger partial charge in [-0.15, -0.1) is 0 Å². The summed E-state index contributed by atoms with van der Waals surface area (Å²) in [6.45, 7) is 0. The first-order valence-electron chi connectivity index (χ1n) is 12.3. The van der Waals surface area contributed by atoms with Crippen molar-refractivity contribution in [3.05, 3.63) is 71.8 Å². The third-order valence-electron chi connectivity index (χ3n) is 6.37. The molecule has 0 aromatic heterocycles. The summed E-state index contributed by atoms with van der Waals surface area (Å²) in [6, 6.07) is 6.52. The number of benzene rings is 4. The normalized spacial score (nSPS) is 12.8. The first-order chi connectivity index (χ1) is 22.2. The smallest absolute Gasteiger partial charge is 0.295 e. The predicted octanol–water partition coefficient (Wildman–Crippen LogP) is 1.16. The molecule has 25 heteroatoms. The lowest BCUT2D eigenvalue weighted by molar-refractivity contribution is 0.101. The number of nitrogens with two attached hydrogens (primary N) is 1. The van der Waals surface area contributed by atoms with Crippen molar-refractivity contribution >= 4 is 90.2 Å². The van der Waals surface area contributed by atoms with Gasteiger partial charge in [0, 0.05) is 16.8 Å². The van der Waals surface area contributed by atoms with Crippen LogP contribution in [0.3, 0.4) is 0 Å². The highest BCUT2D eigenvalue weighted by Gasteiger charge is 2.28. The summed E-state index contributed by atoms with van der Waals surface area (Å²) in [5, 5.41) is 2.51. The van der Waals surface area contributed by atoms with E-state index in [1.54, 1.807) is 0 Å². The fourth-order valence-corrected chi connectivity index (χ4v) is 7.71. The molecule has 2 amide bonds. The van der Waals surface area contributed by atoms with E-state index in [0.717, 1.165) is 24.3 Å². The molecular weight excluding hydrogens is 763 g/mol. The maximum atomic E-state index is 13.4. The maximum absolute atomic E-state index is 13.4. The van der Waals surface area contributed by atoms with Crippen molar-refractivity contribution in [1.29, 1.82) is 0 Å². The lowest BCUT2D eigenvalue weighted by Gasteiger charge is -2.16. The summed E-state index contributed by atoms with van der Waals surface area (Å²) in [4.78, 5) is 20.5. The quantitative estimate of drug-likeness (QED) is 0.0872. The van der Waals surface area contributed by atoms with Gasteiger partial charge in [0.1, 0.15) is 14.7 Å². The van der Waals surface area contributed by atoms with Gasteiger partial charge >= 0.3 is 0 Å². The lowest BCUT2D eigenvalue weighted by atomic mass is 10.1. The van der Waals surface area contributed by atoms with Gasteiger partial charge in [-0.3, -0.25) is 32.4 Å². The second kappa shape index (κ2) is 12.4. The van der Waals surface area contributed by atoms with Gasteiger partial charge in [0.2, 0.25) is 0 Å². The molecule has 0 spiro atoms. The molecule has 262 valence electrons. The molecule has 0 heterocycles. The number of nitrogens with one attached hydrogen (secondary N) is 2. The Kier molecular flexibility index (Phi) is 9.42. The maximum Gasteiger partial charge on any atom is 0.295 e. The highest BCUT2D eigenvalue weighted by atomic mass is 32.2. The summed E-state index contributed by atoms with van der Waals surface area (Å²) < 4.78 is 168. The molecule has 0 aliphatic carbocycles. The molecule has 0 aliphatic heterocycles. The summed E-state index contributed by atoms with van der Waals surface area (Å²) in [5.74, 6) is -2.80. The van der Waals surface area contributed by atoms with Gasteiger partial charge in [0.15, 0.2) is 0 Å². The molecule has 0 saturated carbocycles. The molecule has 4 rings (SSSR count). The van der Waals surface area contributed by atoms with Gasteiger partial charge in [-0.2, -0.15) is 42.1 Å². The molecule has 4 aromatic rings. The Bertz CT molecular complexity index is 2670. The number of nitrogen functional groups attached to an aromatic ring is 1. The minimum absolute atomic E-state index is 0.161. The molecule has 9 N–H and O–H groups in total. The molecular formula is C24H19N3O17S5. The summed E-state index contributed by atoms with van der Waals surface area (Å²) in [5.41, 5.74) is 2.33. The zero-order chi connectivity index (χ0) is 37.1. The second-order valence-corrected chi connectivity index (χ2v) is 16.8. The van der Waals surface area contributed by atoms with Gasteiger partial charge in [-0.1, -0.05) is 0 Å². The van der Waals surface area contributed by atoms with Crippen LogP contribution in [0.25, 0.3) is 10.8 Å². The number of rotatable bonds is 9. The zero-order valence-corrected chi connectivity index (χ0v) is 27.6. The number of carbonyl (C=O) groups is 2. The van der Waals surface area contributed by atoms with Crippen LogP contribution in [-0.2, 0) is 50.6 Å². The predicted molar refractivity (Wildman–Crippen MR) is 166 cm³/mol. The molecule has 0 unspecified atom stereocenters. The first kappa shape index (κ1) is 37.3. The van der Waals surface area contributed by atoms with Gasteiger partial charge in [0.05, 0.1) is 26.6 Å². The number of anilines is 3. The van der Waals surface area contributed by atoms with Crippen LogP contribution in [0.5, 0.6) is 0 Å². The molecule has 0 bridgehead atoms. The fraction of sp³-hybridized carbons (Fsp3) is 0. The molecule has 0 aliphatic rings. The number of hydrogen-bond acceptors (Lipinski definition) is 13. The van der Waals surface area contributed by atoms with Crippen LogP contribution in [0, 0.1) is 0 Å². The van der Waals surface area contributed by atoms with Crippen molar-refractivity contribution in [2.75, 3.05) is 16.4 Å². The molecule has 0 fully saturated rings. The van der Waals surface area contributed by atoms with Gasteiger partial charge < -0.3 is 16.4 Å². The van der Waals surface area contributed by atoms with Crippen molar-refractivity contribution in [2.24, 2.45) is 0 Å². The zero-order valence-electron chi connectivity index (χ0n) is 23.5. The van der Waals surface area contributed by atoms with E-state index in [0.29, 0.717) is 30.3 Å². The fourth-order valence-electron chi connectivity index (χ4n) is 4.35. The van der Waals surface area contributed by atoms with E-state index in [1.807, 2.05) is 5.32 Å². The van der Waals surface area contributed by atoms with Crippen molar-refractivity contribution in [3.63, 3.8) is 0 Å². The van der Waals surface area contributed by atoms with E-state index < -0.39 is 120 Å². The van der Waals surface area contributed by atoms with E-state index >= 15 is 0 Å². The molecule has 0 atom stereocenters. The van der Waals surface area contributed by atoms with Crippen LogP contribution in [0.1, 0.15) is 20.7 Å². The topological polar surface area (TPSA) is 356 Å². The van der Waals surface area contributed by atoms with Gasteiger partial charge in [-0.05, 0) is 66.0 Å². The van der Waals surface area contributed by atoms with Gasteiger partial charge in [-0.25, -0.2) is 0 Å². The third kappa shape index (κ3) is 8.19. The summed E-state index contributed by atoms with van der Waals surface area (Å²) >= 11 is 0. The van der Waals surface area contributed by atoms with Gasteiger partial charge in [0.25, 0.3) is 62.4 Å². The molecule has 49 heavy (non-hydrogen) atoms. The Morgan fingerprint density at radius 2 is 0.959 bits per heavy atom. The van der Waals surface area contributed by atoms with E-state index in [4.69, 9.17) is 5.73 Å². The van der Waals surface area contributed by atoms with E-state index in [1.165, 1.54) is 0 Å². The van der Waals surface area contributed by atoms with Crippen molar-refractivity contribution in [1.82, 2.24) is 0 Å².